The standard InChI is InChI=1S/C13H17ClN2O3/c14-9-6-7-13(11(8-9)16(17)18)19-12-5-3-1-2-4-10(12)15/h6-8,10,12H,1-5,15H2. The Kier molecular flexibility index (Phi) is 4.61. The number of benzene rings is 1. The maximum absolute atomic E-state index is 11.0. The summed E-state index contributed by atoms with van der Waals surface area (Å²) in [4.78, 5) is 10.5. The SMILES string of the molecule is NC1CCCCCC1Oc1ccc(Cl)cc1[N+](=O)[O-]. The third-order valence-electron chi connectivity index (χ3n) is 3.40. The summed E-state index contributed by atoms with van der Waals surface area (Å²) in [7, 11) is 0. The zero-order valence-corrected chi connectivity index (χ0v) is 11.3. The van der Waals surface area contributed by atoms with Gasteiger partial charge in [-0.05, 0) is 31.4 Å². The maximum Gasteiger partial charge on any atom is 0.312 e. The number of nitro benzene ring substituents is 1. The second kappa shape index (κ2) is 6.21. The van der Waals surface area contributed by atoms with Crippen LogP contribution in [0.2, 0.25) is 5.02 Å². The minimum absolute atomic E-state index is 0.0715. The molecule has 2 atom stereocenters. The molecule has 19 heavy (non-hydrogen) atoms. The summed E-state index contributed by atoms with van der Waals surface area (Å²) >= 11 is 5.77. The predicted molar refractivity (Wildman–Crippen MR) is 73.6 cm³/mol. The second-order valence-electron chi connectivity index (χ2n) is 4.83. The summed E-state index contributed by atoms with van der Waals surface area (Å²) in [6.07, 6.45) is 4.83. The average molecular weight is 285 g/mol. The van der Waals surface area contributed by atoms with Crippen LogP contribution in [0.15, 0.2) is 18.2 Å². The Morgan fingerprint density at radius 2 is 2.05 bits per heavy atom. The van der Waals surface area contributed by atoms with E-state index >= 15 is 0 Å². The van der Waals surface area contributed by atoms with Crippen molar-refractivity contribution in [1.82, 2.24) is 0 Å². The molecule has 6 heteroatoms. The van der Waals surface area contributed by atoms with E-state index in [2.05, 4.69) is 0 Å². The number of nitrogens with zero attached hydrogens (tertiary/aromatic N) is 1. The smallest absolute Gasteiger partial charge is 0.312 e. The first-order chi connectivity index (χ1) is 9.08. The van der Waals surface area contributed by atoms with Gasteiger partial charge in [-0.1, -0.05) is 24.4 Å². The van der Waals surface area contributed by atoms with Crippen molar-refractivity contribution in [2.45, 2.75) is 44.2 Å². The largest absolute Gasteiger partial charge is 0.482 e. The number of nitrogens with two attached hydrogens (primary N) is 1. The summed E-state index contributed by atoms with van der Waals surface area (Å²) < 4.78 is 5.77. The summed E-state index contributed by atoms with van der Waals surface area (Å²) in [6.45, 7) is 0. The van der Waals surface area contributed by atoms with Crippen LogP contribution >= 0.6 is 11.6 Å². The number of hydrogen-bond donors (Lipinski definition) is 1. The third-order valence-corrected chi connectivity index (χ3v) is 3.63. The van der Waals surface area contributed by atoms with Gasteiger partial charge in [0.15, 0.2) is 5.75 Å². The number of hydrogen-bond acceptors (Lipinski definition) is 4. The van der Waals surface area contributed by atoms with E-state index < -0.39 is 4.92 Å². The van der Waals surface area contributed by atoms with E-state index in [0.717, 1.165) is 32.1 Å². The Labute approximate surface area is 116 Å². The summed E-state index contributed by atoms with van der Waals surface area (Å²) in [6, 6.07) is 4.36. The zero-order chi connectivity index (χ0) is 13.8. The van der Waals surface area contributed by atoms with Gasteiger partial charge in [0.05, 0.1) is 4.92 Å². The molecule has 0 aromatic heterocycles. The molecule has 1 saturated carbocycles. The highest BCUT2D eigenvalue weighted by Gasteiger charge is 2.25. The van der Waals surface area contributed by atoms with Crippen molar-refractivity contribution in [3.63, 3.8) is 0 Å². The molecule has 1 aliphatic carbocycles. The van der Waals surface area contributed by atoms with E-state index in [9.17, 15) is 10.1 Å². The topological polar surface area (TPSA) is 78.4 Å². The lowest BCUT2D eigenvalue weighted by Gasteiger charge is -2.22. The summed E-state index contributed by atoms with van der Waals surface area (Å²) in [5.74, 6) is 0.247. The maximum atomic E-state index is 11.0. The number of ether oxygens (including phenoxy) is 1. The molecular weight excluding hydrogens is 268 g/mol. The van der Waals surface area contributed by atoms with Gasteiger partial charge in [0.1, 0.15) is 6.10 Å². The molecule has 0 heterocycles. The van der Waals surface area contributed by atoms with Gasteiger partial charge in [0.2, 0.25) is 0 Å². The first-order valence-electron chi connectivity index (χ1n) is 6.44. The van der Waals surface area contributed by atoms with Crippen LogP contribution < -0.4 is 10.5 Å². The molecule has 0 aliphatic heterocycles. The summed E-state index contributed by atoms with van der Waals surface area (Å²) in [5.41, 5.74) is 5.95. The van der Waals surface area contributed by atoms with Crippen LogP contribution in [0.1, 0.15) is 32.1 Å². The Morgan fingerprint density at radius 3 is 2.79 bits per heavy atom. The fourth-order valence-electron chi connectivity index (χ4n) is 2.34. The highest BCUT2D eigenvalue weighted by Crippen LogP contribution is 2.32. The number of halogens is 1. The van der Waals surface area contributed by atoms with Gasteiger partial charge in [-0.2, -0.15) is 0 Å². The van der Waals surface area contributed by atoms with Crippen LogP contribution in [0.25, 0.3) is 0 Å². The highest BCUT2D eigenvalue weighted by atomic mass is 35.5. The molecule has 0 spiro atoms. The molecule has 2 unspecified atom stereocenters. The van der Waals surface area contributed by atoms with Crippen LogP contribution in [0, 0.1) is 10.1 Å². The van der Waals surface area contributed by atoms with E-state index in [1.165, 1.54) is 12.1 Å². The van der Waals surface area contributed by atoms with Gasteiger partial charge in [0.25, 0.3) is 0 Å². The minimum atomic E-state index is -0.483. The van der Waals surface area contributed by atoms with Crippen LogP contribution in [0.3, 0.4) is 0 Å². The van der Waals surface area contributed by atoms with Gasteiger partial charge in [-0.3, -0.25) is 10.1 Å². The van der Waals surface area contributed by atoms with Gasteiger partial charge in [-0.25, -0.2) is 0 Å². The van der Waals surface area contributed by atoms with Crippen molar-refractivity contribution in [2.75, 3.05) is 0 Å². The third kappa shape index (κ3) is 3.58. The monoisotopic (exact) mass is 284 g/mol. The Morgan fingerprint density at radius 1 is 1.32 bits per heavy atom. The molecular formula is C13H17ClN2O3. The molecule has 2 rings (SSSR count). The first kappa shape index (κ1) is 14.1. The van der Waals surface area contributed by atoms with E-state index in [4.69, 9.17) is 22.1 Å². The van der Waals surface area contributed by atoms with E-state index in [1.807, 2.05) is 0 Å². The van der Waals surface area contributed by atoms with Crippen molar-refractivity contribution >= 4 is 17.3 Å². The molecule has 0 saturated heterocycles. The van der Waals surface area contributed by atoms with E-state index in [-0.39, 0.29) is 23.6 Å². The van der Waals surface area contributed by atoms with Crippen molar-refractivity contribution in [1.29, 1.82) is 0 Å². The summed E-state index contributed by atoms with van der Waals surface area (Å²) in [5, 5.41) is 11.3. The fourth-order valence-corrected chi connectivity index (χ4v) is 2.51. The molecule has 1 fully saturated rings. The van der Waals surface area contributed by atoms with Crippen molar-refractivity contribution in [2.24, 2.45) is 5.73 Å². The molecule has 0 bridgehead atoms. The van der Waals surface area contributed by atoms with Crippen LogP contribution in [0.4, 0.5) is 5.69 Å². The van der Waals surface area contributed by atoms with E-state index in [1.54, 1.807) is 6.07 Å². The Balaban J connectivity index is 2.19. The average Bonchev–Trinajstić information content (AvgIpc) is 2.57. The Bertz CT molecular complexity index is 467. The molecule has 0 radical (unpaired) electrons. The van der Waals surface area contributed by atoms with Crippen LogP contribution in [-0.2, 0) is 0 Å². The van der Waals surface area contributed by atoms with Gasteiger partial charge in [-0.15, -0.1) is 0 Å². The second-order valence-corrected chi connectivity index (χ2v) is 5.26. The van der Waals surface area contributed by atoms with Gasteiger partial charge in [0, 0.05) is 17.1 Å². The number of rotatable bonds is 3. The molecule has 1 aromatic carbocycles. The Hall–Kier alpha value is -1.33. The zero-order valence-electron chi connectivity index (χ0n) is 10.5. The van der Waals surface area contributed by atoms with Gasteiger partial charge < -0.3 is 10.5 Å². The normalized spacial score (nSPS) is 23.7. The van der Waals surface area contributed by atoms with Crippen LogP contribution in [0.5, 0.6) is 5.75 Å². The predicted octanol–water partition coefficient (Wildman–Crippen LogP) is 3.29. The van der Waals surface area contributed by atoms with Crippen molar-refractivity contribution < 1.29 is 9.66 Å². The molecule has 2 N–H and O–H groups in total. The molecule has 1 aliphatic rings. The fraction of sp³-hybridized carbons (Fsp3) is 0.538. The minimum Gasteiger partial charge on any atom is -0.482 e. The lowest BCUT2D eigenvalue weighted by Crippen LogP contribution is -2.38. The molecule has 1 aromatic rings. The van der Waals surface area contributed by atoms with Crippen molar-refractivity contribution in [3.05, 3.63) is 33.3 Å². The quantitative estimate of drug-likeness (QED) is 0.525. The van der Waals surface area contributed by atoms with Gasteiger partial charge >= 0.3 is 5.69 Å². The molecule has 5 nitrogen and oxygen atoms in total. The first-order valence-corrected chi connectivity index (χ1v) is 6.82. The number of nitro groups is 1. The molecule has 0 amide bonds. The van der Waals surface area contributed by atoms with E-state index in [0.29, 0.717) is 5.02 Å². The molecule has 104 valence electrons. The van der Waals surface area contributed by atoms with Crippen LogP contribution in [-0.4, -0.2) is 17.1 Å². The lowest BCUT2D eigenvalue weighted by atomic mass is 10.1. The lowest BCUT2D eigenvalue weighted by molar-refractivity contribution is -0.386. The highest BCUT2D eigenvalue weighted by molar-refractivity contribution is 6.30. The van der Waals surface area contributed by atoms with Crippen molar-refractivity contribution in [3.8, 4) is 5.75 Å².